The van der Waals surface area contributed by atoms with Gasteiger partial charge in [0.25, 0.3) is 0 Å². The van der Waals surface area contributed by atoms with Crippen molar-refractivity contribution in [2.75, 3.05) is 26.9 Å². The Morgan fingerprint density at radius 1 is 1.23 bits per heavy atom. The summed E-state index contributed by atoms with van der Waals surface area (Å²) in [5.74, 6) is 1.01. The molecule has 0 saturated carbocycles. The van der Waals surface area contributed by atoms with Gasteiger partial charge < -0.3 is 0 Å². The third-order valence-corrected chi connectivity index (χ3v) is 18.8. The second kappa shape index (κ2) is 9.36. The average molecular weight is 594 g/mol. The first-order chi connectivity index (χ1) is 12.9. The second-order valence-corrected chi connectivity index (χ2v) is 16.4. The van der Waals surface area contributed by atoms with Gasteiger partial charge in [0.05, 0.1) is 0 Å². The molecule has 1 fully saturated rings. The van der Waals surface area contributed by atoms with Gasteiger partial charge in [0, 0.05) is 0 Å². The summed E-state index contributed by atoms with van der Waals surface area (Å²) in [6.07, 6.45) is 2.66. The van der Waals surface area contributed by atoms with E-state index in [1.807, 2.05) is 11.8 Å². The molecule has 2 aromatic rings. The number of hydrogen-bond acceptors (Lipinski definition) is 4. The number of nitrogens with one attached hydrogen (secondary N) is 1. The number of thioether (sulfide) groups is 1. The van der Waals surface area contributed by atoms with Gasteiger partial charge in [-0.05, 0) is 0 Å². The molecule has 1 atom stereocenters. The zero-order valence-corrected chi connectivity index (χ0v) is 19.8. The number of fused-ring (bicyclic) bond motifs is 1. The van der Waals surface area contributed by atoms with Crippen LogP contribution in [0.3, 0.4) is 0 Å². The van der Waals surface area contributed by atoms with Crippen molar-refractivity contribution in [3.8, 4) is 5.75 Å². The van der Waals surface area contributed by atoms with Crippen molar-refractivity contribution in [3.63, 3.8) is 0 Å². The van der Waals surface area contributed by atoms with E-state index in [4.69, 9.17) is 9.47 Å². The van der Waals surface area contributed by atoms with E-state index in [1.165, 1.54) is 35.7 Å². The van der Waals surface area contributed by atoms with Crippen molar-refractivity contribution < 1.29 is 26.7 Å². The number of methoxy groups -OCH3 is 1. The summed E-state index contributed by atoms with van der Waals surface area (Å²) >= 11 is 2.22. The topological polar surface area (TPSA) is 30.5 Å². The number of ether oxygens (including phenoxy) is 2. The van der Waals surface area contributed by atoms with E-state index in [1.54, 1.807) is 13.5 Å². The predicted octanol–water partition coefficient (Wildman–Crippen LogP) is 1.77. The van der Waals surface area contributed by atoms with Crippen LogP contribution in [0.2, 0.25) is 0 Å². The number of rotatable bonds is 6. The SMILES string of the molecule is COCCOc1ccc2ccccc2c1C1=CSC([C@@H]2CCCN2)=I[I-]1. The standard InChI is InChI=1S/C20H22I2NO2S/c1-24-11-12-25-18-9-8-14-5-2-3-6-15(14)19(18)16-13-26-20(22-21-16)17-7-4-10-23-17/h2-3,5-6,8-9,13,17,23H,4,7,10-12H2,1H3/q-1/t17-/m0/s1. The molecular weight excluding hydrogens is 572 g/mol. The molecule has 26 heavy (non-hydrogen) atoms. The molecule has 1 N–H and O–H groups in total. The third-order valence-electron chi connectivity index (χ3n) is 4.47. The molecule has 4 rings (SSSR count). The summed E-state index contributed by atoms with van der Waals surface area (Å²) < 4.78 is 14.6. The van der Waals surface area contributed by atoms with Crippen molar-refractivity contribution in [2.24, 2.45) is 0 Å². The van der Waals surface area contributed by atoms with Gasteiger partial charge in [-0.25, -0.2) is 0 Å². The van der Waals surface area contributed by atoms with Crippen LogP contribution in [0.1, 0.15) is 18.4 Å². The fraction of sp³-hybridized carbons (Fsp3) is 0.350. The Hall–Kier alpha value is -0.160. The molecule has 1 saturated heterocycles. The molecule has 6 heteroatoms. The van der Waals surface area contributed by atoms with Crippen LogP contribution in [0.4, 0.5) is 0 Å². The van der Waals surface area contributed by atoms with E-state index >= 15 is 0 Å². The van der Waals surface area contributed by atoms with Crippen LogP contribution in [0.5, 0.6) is 5.75 Å². The maximum absolute atomic E-state index is 6.10. The Morgan fingerprint density at radius 3 is 2.92 bits per heavy atom. The quantitative estimate of drug-likeness (QED) is 0.409. The molecule has 140 valence electrons. The third kappa shape index (κ3) is 4.29. The molecule has 0 unspecified atom stereocenters. The van der Waals surface area contributed by atoms with Gasteiger partial charge in [0.2, 0.25) is 0 Å². The molecule has 2 aliphatic heterocycles. The van der Waals surface area contributed by atoms with Crippen LogP contribution in [0, 0.1) is 0 Å². The molecule has 0 amide bonds. The van der Waals surface area contributed by atoms with E-state index in [0.717, 1.165) is 5.75 Å². The van der Waals surface area contributed by atoms with Gasteiger partial charge in [-0.2, -0.15) is 0 Å². The van der Waals surface area contributed by atoms with Gasteiger partial charge in [-0.1, -0.05) is 0 Å². The van der Waals surface area contributed by atoms with E-state index < -0.39 is 0 Å². The molecule has 2 heterocycles. The van der Waals surface area contributed by atoms with E-state index in [9.17, 15) is 0 Å². The van der Waals surface area contributed by atoms with Gasteiger partial charge >= 0.3 is 177 Å². The average Bonchev–Trinajstić information content (AvgIpc) is 3.23. The first-order valence-electron chi connectivity index (χ1n) is 8.77. The monoisotopic (exact) mass is 594 g/mol. The molecule has 0 bridgehead atoms. The van der Waals surface area contributed by atoms with Crippen molar-refractivity contribution in [1.82, 2.24) is 5.32 Å². The van der Waals surface area contributed by atoms with Gasteiger partial charge in [-0.15, -0.1) is 0 Å². The van der Waals surface area contributed by atoms with Crippen LogP contribution < -0.4 is 27.3 Å². The molecule has 2 aromatic carbocycles. The maximum atomic E-state index is 6.10. The number of benzene rings is 2. The Morgan fingerprint density at radius 2 is 2.15 bits per heavy atom. The van der Waals surface area contributed by atoms with Gasteiger partial charge in [-0.3, -0.25) is 0 Å². The zero-order valence-electron chi connectivity index (χ0n) is 14.6. The predicted molar refractivity (Wildman–Crippen MR) is 117 cm³/mol. The second-order valence-electron chi connectivity index (χ2n) is 6.18. The van der Waals surface area contributed by atoms with Crippen LogP contribution in [0.15, 0.2) is 41.8 Å². The summed E-state index contributed by atoms with van der Waals surface area (Å²) in [6.45, 7) is 2.40. The molecule has 3 nitrogen and oxygen atoms in total. The summed E-state index contributed by atoms with van der Waals surface area (Å²) in [5.41, 5.74) is 1.33. The van der Waals surface area contributed by atoms with Crippen molar-refractivity contribution in [1.29, 1.82) is 0 Å². The first-order valence-corrected chi connectivity index (χ1v) is 18.1. The van der Waals surface area contributed by atoms with E-state index in [-0.39, 0.29) is 34.0 Å². The van der Waals surface area contributed by atoms with Gasteiger partial charge in [0.15, 0.2) is 0 Å². The van der Waals surface area contributed by atoms with Crippen LogP contribution in [-0.4, -0.2) is 35.8 Å². The Labute approximate surface area is 175 Å². The number of halogens is 2. The Bertz CT molecular complexity index is 847. The van der Waals surface area contributed by atoms with E-state index in [2.05, 4.69) is 47.1 Å². The summed E-state index contributed by atoms with van der Waals surface area (Å²) in [7, 11) is 1.72. The molecule has 0 radical (unpaired) electrons. The molecule has 0 aromatic heterocycles. The Kier molecular flexibility index (Phi) is 6.90. The van der Waals surface area contributed by atoms with E-state index in [0.29, 0.717) is 19.3 Å². The molecule has 0 spiro atoms. The first kappa shape index (κ1) is 19.2. The van der Waals surface area contributed by atoms with Gasteiger partial charge in [0.1, 0.15) is 0 Å². The minimum atomic E-state index is 0.0627. The zero-order chi connectivity index (χ0) is 17.8. The van der Waals surface area contributed by atoms with Crippen LogP contribution in [-0.2, 0) is 4.74 Å². The summed E-state index contributed by atoms with van der Waals surface area (Å²) in [4.78, 5) is 0. The Balaban J connectivity index is 1.64. The normalized spacial score (nSPS) is 20.7. The van der Waals surface area contributed by atoms with Crippen LogP contribution >= 0.6 is 28.5 Å². The van der Waals surface area contributed by atoms with Crippen molar-refractivity contribution in [2.45, 2.75) is 18.9 Å². The summed E-state index contributed by atoms with van der Waals surface area (Å²) in [5, 5.41) is 8.72. The molecule has 2 aliphatic rings. The fourth-order valence-electron chi connectivity index (χ4n) is 3.17. The van der Waals surface area contributed by atoms with Crippen molar-refractivity contribution >= 4 is 45.7 Å². The van der Waals surface area contributed by atoms with Crippen molar-refractivity contribution in [3.05, 3.63) is 47.4 Å². The van der Waals surface area contributed by atoms with Crippen LogP contribution in [0.25, 0.3) is 14.4 Å². The minimum absolute atomic E-state index is 0.0627. The molecule has 0 aliphatic carbocycles. The number of hydrogen-bond donors (Lipinski definition) is 1. The fourth-order valence-corrected chi connectivity index (χ4v) is 18.6. The molecular formula is C20H22I2NO2S-. The summed E-state index contributed by atoms with van der Waals surface area (Å²) in [6, 6.07) is 13.7.